The first-order valence-electron chi connectivity index (χ1n) is 8.24. The molecule has 134 valence electrons. The van der Waals surface area contributed by atoms with Crippen molar-refractivity contribution in [3.05, 3.63) is 64.5 Å². The van der Waals surface area contributed by atoms with Gasteiger partial charge in [-0.25, -0.2) is 12.8 Å². The van der Waals surface area contributed by atoms with Crippen LogP contribution in [0.3, 0.4) is 0 Å². The predicted octanol–water partition coefficient (Wildman–Crippen LogP) is 3.51. The van der Waals surface area contributed by atoms with Gasteiger partial charge in [-0.05, 0) is 49.6 Å². The maximum Gasteiger partial charge on any atom is 0.243 e. The molecule has 1 aliphatic rings. The molecule has 25 heavy (non-hydrogen) atoms. The third-order valence-electron chi connectivity index (χ3n) is 4.47. The zero-order chi connectivity index (χ0) is 18.2. The van der Waals surface area contributed by atoms with Gasteiger partial charge in [0.05, 0.1) is 17.6 Å². The van der Waals surface area contributed by atoms with Crippen molar-refractivity contribution in [1.29, 1.82) is 0 Å². The summed E-state index contributed by atoms with van der Waals surface area (Å²) in [6.45, 7) is 6.45. The average molecular weight is 363 g/mol. The Morgan fingerprint density at radius 3 is 2.28 bits per heavy atom. The lowest BCUT2D eigenvalue weighted by molar-refractivity contribution is -0.00260. The number of halogens is 1. The Hall–Kier alpha value is -1.76. The lowest BCUT2D eigenvalue weighted by atomic mass is 10.1. The molecule has 1 saturated heterocycles. The maximum absolute atomic E-state index is 13.2. The molecule has 2 aromatic rings. The topological polar surface area (TPSA) is 46.6 Å². The van der Waals surface area contributed by atoms with Crippen molar-refractivity contribution in [3.63, 3.8) is 0 Å². The highest BCUT2D eigenvalue weighted by Crippen LogP contribution is 2.30. The summed E-state index contributed by atoms with van der Waals surface area (Å²) in [5, 5.41) is 0. The molecule has 0 bridgehead atoms. The van der Waals surface area contributed by atoms with Gasteiger partial charge >= 0.3 is 0 Å². The van der Waals surface area contributed by atoms with Gasteiger partial charge in [0.2, 0.25) is 10.0 Å². The first-order valence-corrected chi connectivity index (χ1v) is 9.68. The van der Waals surface area contributed by atoms with Crippen LogP contribution < -0.4 is 0 Å². The molecule has 6 heteroatoms. The van der Waals surface area contributed by atoms with Crippen LogP contribution in [0.4, 0.5) is 4.39 Å². The van der Waals surface area contributed by atoms with Gasteiger partial charge in [-0.1, -0.05) is 29.8 Å². The predicted molar refractivity (Wildman–Crippen MR) is 94.5 cm³/mol. The van der Waals surface area contributed by atoms with E-state index in [9.17, 15) is 12.8 Å². The van der Waals surface area contributed by atoms with Gasteiger partial charge in [-0.3, -0.25) is 0 Å². The van der Waals surface area contributed by atoms with E-state index in [1.807, 2.05) is 32.9 Å². The van der Waals surface area contributed by atoms with Crippen LogP contribution in [0.1, 0.15) is 28.4 Å². The van der Waals surface area contributed by atoms with Crippen LogP contribution in [-0.4, -0.2) is 32.4 Å². The minimum absolute atomic E-state index is 0.223. The highest BCUT2D eigenvalue weighted by Gasteiger charge is 2.33. The summed E-state index contributed by atoms with van der Waals surface area (Å²) in [4.78, 5) is 0.373. The van der Waals surface area contributed by atoms with Gasteiger partial charge in [0.1, 0.15) is 5.82 Å². The van der Waals surface area contributed by atoms with Crippen LogP contribution in [0.2, 0.25) is 0 Å². The van der Waals surface area contributed by atoms with Gasteiger partial charge in [-0.2, -0.15) is 4.31 Å². The fourth-order valence-corrected chi connectivity index (χ4v) is 5.26. The number of sulfonamides is 1. The lowest BCUT2D eigenvalue weighted by Crippen LogP contribution is -2.42. The summed E-state index contributed by atoms with van der Waals surface area (Å²) in [5.74, 6) is -0.324. The third-order valence-corrected chi connectivity index (χ3v) is 6.64. The van der Waals surface area contributed by atoms with Crippen LogP contribution in [-0.2, 0) is 14.8 Å². The summed E-state index contributed by atoms with van der Waals surface area (Å²) in [6, 6.07) is 9.77. The monoisotopic (exact) mass is 363 g/mol. The average Bonchev–Trinajstić information content (AvgIpc) is 2.54. The molecule has 0 unspecified atom stereocenters. The molecular formula is C19H22FNO3S. The van der Waals surface area contributed by atoms with E-state index in [0.29, 0.717) is 18.0 Å². The SMILES string of the molecule is Cc1cc(C)c(S(=O)(=O)N2CCO[C@@H](c3ccc(F)cc3)C2)c(C)c1. The Bertz CT molecular complexity index is 855. The Balaban J connectivity index is 1.91. The van der Waals surface area contributed by atoms with Gasteiger partial charge in [0.15, 0.2) is 0 Å². The fourth-order valence-electron chi connectivity index (χ4n) is 3.43. The van der Waals surface area contributed by atoms with Crippen molar-refractivity contribution in [3.8, 4) is 0 Å². The molecule has 2 aromatic carbocycles. The van der Waals surface area contributed by atoms with Gasteiger partial charge in [0, 0.05) is 13.1 Å². The van der Waals surface area contributed by atoms with E-state index < -0.39 is 16.1 Å². The molecule has 0 aliphatic carbocycles. The lowest BCUT2D eigenvalue weighted by Gasteiger charge is -2.33. The van der Waals surface area contributed by atoms with Crippen molar-refractivity contribution < 1.29 is 17.5 Å². The molecule has 0 aromatic heterocycles. The van der Waals surface area contributed by atoms with E-state index in [-0.39, 0.29) is 12.4 Å². The summed E-state index contributed by atoms with van der Waals surface area (Å²) in [5.41, 5.74) is 3.32. The highest BCUT2D eigenvalue weighted by atomic mass is 32.2. The molecule has 0 amide bonds. The molecule has 0 spiro atoms. The molecule has 0 saturated carbocycles. The van der Waals surface area contributed by atoms with E-state index in [2.05, 4.69) is 0 Å². The third kappa shape index (κ3) is 3.61. The first-order chi connectivity index (χ1) is 11.8. The van der Waals surface area contributed by atoms with Crippen LogP contribution >= 0.6 is 0 Å². The van der Waals surface area contributed by atoms with Crippen molar-refractivity contribution in [2.45, 2.75) is 31.8 Å². The number of aryl methyl sites for hydroxylation is 3. The molecule has 0 N–H and O–H groups in total. The number of hydrogen-bond acceptors (Lipinski definition) is 3. The van der Waals surface area contributed by atoms with Crippen molar-refractivity contribution >= 4 is 10.0 Å². The highest BCUT2D eigenvalue weighted by molar-refractivity contribution is 7.89. The van der Waals surface area contributed by atoms with Crippen LogP contribution in [0.5, 0.6) is 0 Å². The Labute approximate surface area is 148 Å². The Morgan fingerprint density at radius 2 is 1.68 bits per heavy atom. The van der Waals surface area contributed by atoms with Crippen LogP contribution in [0, 0.1) is 26.6 Å². The van der Waals surface area contributed by atoms with Crippen molar-refractivity contribution in [2.75, 3.05) is 19.7 Å². The minimum Gasteiger partial charge on any atom is -0.371 e. The van der Waals surface area contributed by atoms with Crippen LogP contribution in [0.25, 0.3) is 0 Å². The normalized spacial score (nSPS) is 19.1. The molecule has 1 heterocycles. The quantitative estimate of drug-likeness (QED) is 0.838. The number of ether oxygens (including phenoxy) is 1. The van der Waals surface area contributed by atoms with Crippen molar-refractivity contribution in [2.24, 2.45) is 0 Å². The second-order valence-electron chi connectivity index (χ2n) is 6.50. The first kappa shape index (κ1) is 18.0. The zero-order valence-corrected chi connectivity index (χ0v) is 15.4. The number of nitrogens with zero attached hydrogens (tertiary/aromatic N) is 1. The second kappa shape index (κ2) is 6.86. The number of hydrogen-bond donors (Lipinski definition) is 0. The minimum atomic E-state index is -3.61. The Morgan fingerprint density at radius 1 is 1.08 bits per heavy atom. The molecule has 1 atom stereocenters. The summed E-state index contributed by atoms with van der Waals surface area (Å²) >= 11 is 0. The molecule has 3 rings (SSSR count). The zero-order valence-electron chi connectivity index (χ0n) is 14.6. The maximum atomic E-state index is 13.2. The number of morpholine rings is 1. The van der Waals surface area contributed by atoms with E-state index in [1.54, 1.807) is 12.1 Å². The van der Waals surface area contributed by atoms with E-state index in [0.717, 1.165) is 22.3 Å². The van der Waals surface area contributed by atoms with Crippen LogP contribution in [0.15, 0.2) is 41.3 Å². The number of benzene rings is 2. The second-order valence-corrected chi connectivity index (χ2v) is 8.38. The smallest absolute Gasteiger partial charge is 0.243 e. The summed E-state index contributed by atoms with van der Waals surface area (Å²) in [6.07, 6.45) is -0.393. The van der Waals surface area contributed by atoms with E-state index >= 15 is 0 Å². The van der Waals surface area contributed by atoms with Gasteiger partial charge in [0.25, 0.3) is 0 Å². The molecule has 0 radical (unpaired) electrons. The largest absolute Gasteiger partial charge is 0.371 e. The van der Waals surface area contributed by atoms with E-state index in [4.69, 9.17) is 4.74 Å². The summed E-state index contributed by atoms with van der Waals surface area (Å²) < 4.78 is 46.7. The fraction of sp³-hybridized carbons (Fsp3) is 0.368. The molecule has 1 aliphatic heterocycles. The molecule has 1 fully saturated rings. The Kier molecular flexibility index (Phi) is 4.95. The molecular weight excluding hydrogens is 341 g/mol. The van der Waals surface area contributed by atoms with E-state index in [1.165, 1.54) is 16.4 Å². The molecule has 4 nitrogen and oxygen atoms in total. The van der Waals surface area contributed by atoms with Crippen molar-refractivity contribution in [1.82, 2.24) is 4.31 Å². The summed E-state index contributed by atoms with van der Waals surface area (Å²) in [7, 11) is -3.61. The number of rotatable bonds is 3. The van der Waals surface area contributed by atoms with Gasteiger partial charge < -0.3 is 4.74 Å². The van der Waals surface area contributed by atoms with Gasteiger partial charge in [-0.15, -0.1) is 0 Å². The standard InChI is InChI=1S/C19H22FNO3S/c1-13-10-14(2)19(15(3)11-13)25(22,23)21-8-9-24-18(12-21)16-4-6-17(20)7-5-16/h4-7,10-11,18H,8-9,12H2,1-3H3/t18-/m1/s1.